The maximum absolute atomic E-state index is 13.8. The molecule has 13 heteroatoms. The van der Waals surface area contributed by atoms with Crippen LogP contribution in [0.2, 0.25) is 0 Å². The summed E-state index contributed by atoms with van der Waals surface area (Å²) in [6.45, 7) is 13.8. The van der Waals surface area contributed by atoms with Crippen molar-refractivity contribution in [3.05, 3.63) is 45.9 Å². The van der Waals surface area contributed by atoms with Crippen molar-refractivity contribution >= 4 is 51.0 Å². The summed E-state index contributed by atoms with van der Waals surface area (Å²) in [7, 11) is 4.61. The smallest absolute Gasteiger partial charge is 0.337 e. The number of benzene rings is 2. The molecule has 2 aromatic carbocycles. The third kappa shape index (κ3) is 9.83. The Balaban J connectivity index is 0.000000258. The lowest BCUT2D eigenvalue weighted by molar-refractivity contribution is -0.134. The largest absolute Gasteiger partial charge is 0.476 e. The van der Waals surface area contributed by atoms with Gasteiger partial charge in [0.15, 0.2) is 11.2 Å². The number of anilines is 2. The zero-order valence-electron chi connectivity index (χ0n) is 34.1. The van der Waals surface area contributed by atoms with E-state index < -0.39 is 17.2 Å². The number of rotatable bonds is 14. The van der Waals surface area contributed by atoms with Crippen LogP contribution >= 0.6 is 15.9 Å². The molecule has 1 fully saturated rings. The lowest BCUT2D eigenvalue weighted by atomic mass is 9.92. The van der Waals surface area contributed by atoms with Gasteiger partial charge in [-0.1, -0.05) is 33.1 Å². The summed E-state index contributed by atoms with van der Waals surface area (Å²) in [6.07, 6.45) is 8.20. The molecule has 12 nitrogen and oxygen atoms in total. The molecule has 1 saturated carbocycles. The van der Waals surface area contributed by atoms with E-state index in [1.54, 1.807) is 49.1 Å². The second-order valence-corrected chi connectivity index (χ2v) is 15.9. The van der Waals surface area contributed by atoms with Crippen LogP contribution in [0.25, 0.3) is 0 Å². The van der Waals surface area contributed by atoms with Crippen LogP contribution in [0.5, 0.6) is 11.5 Å². The predicted molar refractivity (Wildman–Crippen MR) is 216 cm³/mol. The highest BCUT2D eigenvalue weighted by Crippen LogP contribution is 2.43. The lowest BCUT2D eigenvalue weighted by Gasteiger charge is -2.41. The number of carbonyl (C=O) groups is 4. The Labute approximate surface area is 335 Å². The van der Waals surface area contributed by atoms with Gasteiger partial charge in [-0.25, -0.2) is 4.79 Å². The summed E-state index contributed by atoms with van der Waals surface area (Å²) in [5.41, 5.74) is 0.413. The fourth-order valence-corrected chi connectivity index (χ4v) is 7.86. The molecular formula is C42H60BrN3O9. The average Bonchev–Trinajstić information content (AvgIpc) is 3.18. The van der Waals surface area contributed by atoms with Gasteiger partial charge in [0.2, 0.25) is 0 Å². The van der Waals surface area contributed by atoms with E-state index in [-0.39, 0.29) is 29.8 Å². The highest BCUT2D eigenvalue weighted by atomic mass is 79.9. The van der Waals surface area contributed by atoms with Crippen molar-refractivity contribution in [2.24, 2.45) is 0 Å². The summed E-state index contributed by atoms with van der Waals surface area (Å²) in [4.78, 5) is 57.1. The van der Waals surface area contributed by atoms with Gasteiger partial charge >= 0.3 is 5.97 Å². The first-order valence-corrected chi connectivity index (χ1v) is 20.4. The predicted octanol–water partition coefficient (Wildman–Crippen LogP) is 7.97. The number of halogens is 1. The number of esters is 1. The zero-order valence-corrected chi connectivity index (χ0v) is 35.7. The van der Waals surface area contributed by atoms with E-state index in [2.05, 4.69) is 29.8 Å². The van der Waals surface area contributed by atoms with Crippen molar-refractivity contribution in [1.82, 2.24) is 4.90 Å². The number of amides is 3. The number of ether oxygens (including phenoxy) is 5. The maximum atomic E-state index is 13.8. The number of hydrogen-bond acceptors (Lipinski definition) is 9. The van der Waals surface area contributed by atoms with E-state index in [1.165, 1.54) is 13.5 Å². The first-order chi connectivity index (χ1) is 26.2. The highest BCUT2D eigenvalue weighted by Gasteiger charge is 2.45. The molecule has 3 aliphatic rings. The van der Waals surface area contributed by atoms with Crippen molar-refractivity contribution in [2.45, 2.75) is 123 Å². The van der Waals surface area contributed by atoms with Crippen LogP contribution in [0.1, 0.15) is 120 Å². The Hall–Kier alpha value is -3.68. The normalized spacial score (nSPS) is 20.9. The second-order valence-electron chi connectivity index (χ2n) is 15.1. The van der Waals surface area contributed by atoms with Crippen molar-refractivity contribution in [3.63, 3.8) is 0 Å². The topological polar surface area (TPSA) is 124 Å². The van der Waals surface area contributed by atoms with Crippen LogP contribution in [-0.4, -0.2) is 99.5 Å². The van der Waals surface area contributed by atoms with Crippen LogP contribution < -0.4 is 19.3 Å². The first kappa shape index (κ1) is 44.0. The SMILES string of the molecule is CCC1(C)Oc2cc(Br)c(C(=O)N(C(C)C)C3CCCCC3)cc2N(CCCOC)C1=O.CCC1(C)Oc2ccc(C(=O)OC)cc2N(CCCOC)C1=O. The third-order valence-corrected chi connectivity index (χ3v) is 11.5. The summed E-state index contributed by atoms with van der Waals surface area (Å²) < 4.78 is 27.8. The number of fused-ring (bicyclic) bond motifs is 2. The molecule has 0 bridgehead atoms. The van der Waals surface area contributed by atoms with Crippen LogP contribution in [0.15, 0.2) is 34.8 Å². The molecule has 304 valence electrons. The maximum Gasteiger partial charge on any atom is 0.337 e. The zero-order chi connectivity index (χ0) is 40.5. The molecule has 0 radical (unpaired) electrons. The van der Waals surface area contributed by atoms with Gasteiger partial charge in [-0.15, -0.1) is 0 Å². The Morgan fingerprint density at radius 1 is 0.836 bits per heavy atom. The van der Waals surface area contributed by atoms with Gasteiger partial charge in [-0.05, 0) is 112 Å². The van der Waals surface area contributed by atoms with E-state index in [4.69, 9.17) is 23.7 Å². The molecule has 2 unspecified atom stereocenters. The third-order valence-electron chi connectivity index (χ3n) is 10.9. The van der Waals surface area contributed by atoms with Crippen molar-refractivity contribution in [2.75, 3.05) is 57.4 Å². The van der Waals surface area contributed by atoms with Crippen molar-refractivity contribution in [3.8, 4) is 11.5 Å². The molecule has 0 N–H and O–H groups in total. The molecule has 0 aromatic heterocycles. The molecule has 2 aliphatic heterocycles. The van der Waals surface area contributed by atoms with E-state index in [9.17, 15) is 19.2 Å². The summed E-state index contributed by atoms with van der Waals surface area (Å²) in [5, 5.41) is 0. The van der Waals surface area contributed by atoms with E-state index >= 15 is 0 Å². The molecule has 3 amide bonds. The quantitative estimate of drug-likeness (QED) is 0.138. The van der Waals surface area contributed by atoms with Crippen LogP contribution in [0, 0.1) is 0 Å². The molecule has 2 heterocycles. The fraction of sp³-hybridized carbons (Fsp3) is 0.619. The van der Waals surface area contributed by atoms with Gasteiger partial charge in [-0.3, -0.25) is 14.4 Å². The molecule has 1 aliphatic carbocycles. The van der Waals surface area contributed by atoms with Gasteiger partial charge in [-0.2, -0.15) is 0 Å². The van der Waals surface area contributed by atoms with E-state index in [1.807, 2.05) is 37.8 Å². The second kappa shape index (κ2) is 19.5. The molecule has 5 rings (SSSR count). The first-order valence-electron chi connectivity index (χ1n) is 19.6. The molecular weight excluding hydrogens is 770 g/mol. The van der Waals surface area contributed by atoms with E-state index in [0.717, 1.165) is 25.7 Å². The Morgan fingerprint density at radius 2 is 1.36 bits per heavy atom. The Kier molecular flexibility index (Phi) is 15.6. The lowest BCUT2D eigenvalue weighted by Crippen LogP contribution is -2.54. The minimum absolute atomic E-state index is 0.00897. The monoisotopic (exact) mass is 829 g/mol. The van der Waals surface area contributed by atoms with Crippen LogP contribution in [-0.2, 0) is 23.8 Å². The van der Waals surface area contributed by atoms with Crippen LogP contribution in [0.4, 0.5) is 11.4 Å². The molecule has 55 heavy (non-hydrogen) atoms. The minimum atomic E-state index is -0.920. The summed E-state index contributed by atoms with van der Waals surface area (Å²) in [5.74, 6) is 0.612. The van der Waals surface area contributed by atoms with Gasteiger partial charge in [0.1, 0.15) is 11.5 Å². The van der Waals surface area contributed by atoms with Gasteiger partial charge < -0.3 is 38.4 Å². The molecule has 2 atom stereocenters. The summed E-state index contributed by atoms with van der Waals surface area (Å²) >= 11 is 3.62. The Bertz CT molecular complexity index is 1680. The Morgan fingerprint density at radius 3 is 1.85 bits per heavy atom. The number of nitrogens with zero attached hydrogens (tertiary/aromatic N) is 3. The standard InChI is InChI=1S/C25H37BrN2O4.C17H23NO5/c1-6-25(4)24(30)27(13-10-14-31-5)21-15-19(20(26)16-22(21)32-25)23(29)28(17(2)3)18-11-8-7-9-12-18;1-5-17(2)16(20)18(9-6-10-21-3)13-11-12(15(19)22-4)7-8-14(13)23-17/h15-18H,6-14H2,1-5H3;7-8,11H,5-6,9-10H2,1-4H3. The number of hydrogen-bond donors (Lipinski definition) is 0. The molecule has 0 spiro atoms. The fourth-order valence-electron chi connectivity index (χ4n) is 7.37. The number of methoxy groups -OCH3 is 3. The molecule has 0 saturated heterocycles. The van der Waals surface area contributed by atoms with Gasteiger partial charge in [0.25, 0.3) is 17.7 Å². The van der Waals surface area contributed by atoms with Gasteiger partial charge in [0, 0.05) is 57.1 Å². The van der Waals surface area contributed by atoms with Crippen molar-refractivity contribution in [1.29, 1.82) is 0 Å². The van der Waals surface area contributed by atoms with Crippen LogP contribution in [0.3, 0.4) is 0 Å². The molecule has 2 aromatic rings. The number of carbonyl (C=O) groups excluding carboxylic acids is 4. The highest BCUT2D eigenvalue weighted by molar-refractivity contribution is 9.10. The minimum Gasteiger partial charge on any atom is -0.476 e. The van der Waals surface area contributed by atoms with Crippen molar-refractivity contribution < 1.29 is 42.9 Å². The van der Waals surface area contributed by atoms with Gasteiger partial charge in [0.05, 0.1) is 29.6 Å². The average molecular weight is 831 g/mol. The summed E-state index contributed by atoms with van der Waals surface area (Å²) in [6, 6.07) is 9.05. The van der Waals surface area contributed by atoms with E-state index in [0.29, 0.717) is 90.5 Å².